The number of nitrogens with zero attached hydrogens (tertiary/aromatic N) is 2. The molecule has 0 aromatic carbocycles. The topological polar surface area (TPSA) is 69.7 Å². The van der Waals surface area contributed by atoms with E-state index in [4.69, 9.17) is 9.63 Å². The van der Waals surface area contributed by atoms with Crippen LogP contribution in [0.3, 0.4) is 0 Å². The van der Waals surface area contributed by atoms with Gasteiger partial charge in [0, 0.05) is 31.7 Å². The second-order valence-corrected chi connectivity index (χ2v) is 3.68. The van der Waals surface area contributed by atoms with Crippen LogP contribution in [-0.4, -0.2) is 46.1 Å². The van der Waals surface area contributed by atoms with E-state index < -0.39 is 6.10 Å². The Labute approximate surface area is 81.9 Å². The Bertz CT molecular complexity index is 276. The molecule has 1 aromatic rings. The molecule has 0 spiro atoms. The quantitative estimate of drug-likeness (QED) is 0.682. The molecule has 5 heteroatoms. The molecule has 14 heavy (non-hydrogen) atoms. The van der Waals surface area contributed by atoms with Crippen LogP contribution < -0.4 is 0 Å². The molecule has 1 aliphatic rings. The number of rotatable bonds is 3. The highest BCUT2D eigenvalue weighted by Gasteiger charge is 2.30. The van der Waals surface area contributed by atoms with Gasteiger partial charge in [-0.15, -0.1) is 0 Å². The lowest BCUT2D eigenvalue weighted by molar-refractivity contribution is 0.103. The average molecular weight is 198 g/mol. The van der Waals surface area contributed by atoms with Crippen LogP contribution in [0.2, 0.25) is 0 Å². The largest absolute Gasteiger partial charge is 0.396 e. The highest BCUT2D eigenvalue weighted by molar-refractivity contribution is 4.95. The van der Waals surface area contributed by atoms with Gasteiger partial charge in [-0.3, -0.25) is 4.90 Å². The number of aliphatic hydroxyl groups excluding tert-OH is 2. The van der Waals surface area contributed by atoms with Crippen LogP contribution in [0.1, 0.15) is 5.76 Å². The summed E-state index contributed by atoms with van der Waals surface area (Å²) < 4.78 is 4.96. The molecule has 5 nitrogen and oxygen atoms in total. The molecule has 0 saturated carbocycles. The zero-order chi connectivity index (χ0) is 9.97. The third-order valence-corrected chi connectivity index (χ3v) is 2.59. The Morgan fingerprint density at radius 1 is 1.57 bits per heavy atom. The first kappa shape index (κ1) is 9.64. The van der Waals surface area contributed by atoms with Gasteiger partial charge in [0.1, 0.15) is 0 Å². The number of hydrogen-bond acceptors (Lipinski definition) is 5. The van der Waals surface area contributed by atoms with Gasteiger partial charge in [-0.2, -0.15) is 0 Å². The molecule has 1 aliphatic heterocycles. The lowest BCUT2D eigenvalue weighted by Gasteiger charge is -2.11. The van der Waals surface area contributed by atoms with Crippen molar-refractivity contribution in [2.24, 2.45) is 5.92 Å². The number of likely N-dealkylation sites (tertiary alicyclic amines) is 1. The van der Waals surface area contributed by atoms with E-state index >= 15 is 0 Å². The van der Waals surface area contributed by atoms with E-state index in [0.717, 1.165) is 5.76 Å². The second kappa shape index (κ2) is 4.08. The second-order valence-electron chi connectivity index (χ2n) is 3.68. The fourth-order valence-electron chi connectivity index (χ4n) is 1.79. The molecule has 0 radical (unpaired) electrons. The third kappa shape index (κ3) is 1.95. The Hall–Kier alpha value is -0.910. The Morgan fingerprint density at radius 3 is 3.00 bits per heavy atom. The first-order valence-corrected chi connectivity index (χ1v) is 4.70. The summed E-state index contributed by atoms with van der Waals surface area (Å²) in [5.41, 5.74) is 0. The minimum absolute atomic E-state index is 0.0297. The predicted octanol–water partition coefficient (Wildman–Crippen LogP) is -0.540. The molecule has 1 fully saturated rings. The van der Waals surface area contributed by atoms with E-state index in [1.54, 1.807) is 12.3 Å². The van der Waals surface area contributed by atoms with Crippen molar-refractivity contribution in [2.45, 2.75) is 12.6 Å². The minimum Gasteiger partial charge on any atom is -0.396 e. The fourth-order valence-corrected chi connectivity index (χ4v) is 1.79. The SMILES string of the molecule is OCC1CN(Cc2ccno2)CC1O. The summed E-state index contributed by atoms with van der Waals surface area (Å²) in [6, 6.07) is 1.80. The third-order valence-electron chi connectivity index (χ3n) is 2.59. The summed E-state index contributed by atoms with van der Waals surface area (Å²) in [7, 11) is 0. The lowest BCUT2D eigenvalue weighted by atomic mass is 10.1. The van der Waals surface area contributed by atoms with Crippen molar-refractivity contribution in [1.82, 2.24) is 10.1 Å². The molecule has 1 aromatic heterocycles. The normalized spacial score (nSPS) is 28.4. The molecule has 0 amide bonds. The maximum Gasteiger partial charge on any atom is 0.150 e. The van der Waals surface area contributed by atoms with Gasteiger partial charge in [-0.05, 0) is 0 Å². The summed E-state index contributed by atoms with van der Waals surface area (Å²) in [6.07, 6.45) is 1.17. The monoisotopic (exact) mass is 198 g/mol. The van der Waals surface area contributed by atoms with Crippen molar-refractivity contribution < 1.29 is 14.7 Å². The van der Waals surface area contributed by atoms with E-state index in [9.17, 15) is 5.11 Å². The van der Waals surface area contributed by atoms with Gasteiger partial charge in [0.15, 0.2) is 5.76 Å². The van der Waals surface area contributed by atoms with Crippen molar-refractivity contribution in [3.8, 4) is 0 Å². The average Bonchev–Trinajstić information content (AvgIpc) is 2.76. The first-order valence-electron chi connectivity index (χ1n) is 4.70. The van der Waals surface area contributed by atoms with Gasteiger partial charge < -0.3 is 14.7 Å². The summed E-state index contributed by atoms with van der Waals surface area (Å²) in [6.45, 7) is 1.98. The smallest absolute Gasteiger partial charge is 0.150 e. The molecule has 2 N–H and O–H groups in total. The Morgan fingerprint density at radius 2 is 2.43 bits per heavy atom. The minimum atomic E-state index is -0.428. The van der Waals surface area contributed by atoms with Gasteiger partial charge in [0.25, 0.3) is 0 Å². The van der Waals surface area contributed by atoms with Crippen LogP contribution in [0.4, 0.5) is 0 Å². The molecule has 1 saturated heterocycles. The molecule has 0 bridgehead atoms. The van der Waals surface area contributed by atoms with Crippen LogP contribution in [0.25, 0.3) is 0 Å². The summed E-state index contributed by atoms with van der Waals surface area (Å²) in [4.78, 5) is 2.05. The van der Waals surface area contributed by atoms with Crippen LogP contribution in [0.5, 0.6) is 0 Å². The lowest BCUT2D eigenvalue weighted by Crippen LogP contribution is -2.21. The Balaban J connectivity index is 1.89. The zero-order valence-corrected chi connectivity index (χ0v) is 7.83. The summed E-state index contributed by atoms with van der Waals surface area (Å²) in [5, 5.41) is 22.1. The van der Waals surface area contributed by atoms with E-state index in [2.05, 4.69) is 5.16 Å². The van der Waals surface area contributed by atoms with Gasteiger partial charge in [0.05, 0.1) is 18.8 Å². The summed E-state index contributed by atoms with van der Waals surface area (Å²) >= 11 is 0. The molecular formula is C9H14N2O3. The number of hydrogen-bond donors (Lipinski definition) is 2. The molecule has 2 unspecified atom stereocenters. The van der Waals surface area contributed by atoms with Crippen LogP contribution in [0.15, 0.2) is 16.8 Å². The van der Waals surface area contributed by atoms with Crippen LogP contribution in [-0.2, 0) is 6.54 Å². The maximum absolute atomic E-state index is 9.54. The van der Waals surface area contributed by atoms with Gasteiger partial charge in [-0.1, -0.05) is 5.16 Å². The van der Waals surface area contributed by atoms with Gasteiger partial charge in [-0.25, -0.2) is 0 Å². The van der Waals surface area contributed by atoms with E-state index in [-0.39, 0.29) is 12.5 Å². The molecule has 78 valence electrons. The molecule has 2 atom stereocenters. The van der Waals surface area contributed by atoms with Crippen molar-refractivity contribution in [1.29, 1.82) is 0 Å². The van der Waals surface area contributed by atoms with Crippen molar-refractivity contribution >= 4 is 0 Å². The van der Waals surface area contributed by atoms with Gasteiger partial charge >= 0.3 is 0 Å². The number of aromatic nitrogens is 1. The highest BCUT2D eigenvalue weighted by atomic mass is 16.5. The number of β-amino-alcohol motifs (C(OH)–C–C–N with tert-alkyl or cyclic N) is 1. The molecular weight excluding hydrogens is 184 g/mol. The fraction of sp³-hybridized carbons (Fsp3) is 0.667. The zero-order valence-electron chi connectivity index (χ0n) is 7.83. The van der Waals surface area contributed by atoms with Crippen molar-refractivity contribution in [3.63, 3.8) is 0 Å². The van der Waals surface area contributed by atoms with Crippen LogP contribution >= 0.6 is 0 Å². The van der Waals surface area contributed by atoms with E-state index in [0.29, 0.717) is 19.6 Å². The first-order chi connectivity index (χ1) is 6.79. The van der Waals surface area contributed by atoms with E-state index in [1.165, 1.54) is 0 Å². The Kier molecular flexibility index (Phi) is 2.81. The standard InChI is InChI=1S/C9H14N2O3/c12-6-7-3-11(5-9(7)13)4-8-1-2-10-14-8/h1-2,7,9,12-13H,3-6H2. The molecule has 2 rings (SSSR count). The summed E-state index contributed by atoms with van der Waals surface area (Å²) in [5.74, 6) is 0.758. The van der Waals surface area contributed by atoms with Crippen molar-refractivity contribution in [2.75, 3.05) is 19.7 Å². The predicted molar refractivity (Wildman–Crippen MR) is 48.4 cm³/mol. The van der Waals surface area contributed by atoms with E-state index in [1.807, 2.05) is 4.90 Å². The van der Waals surface area contributed by atoms with Crippen molar-refractivity contribution in [3.05, 3.63) is 18.0 Å². The highest BCUT2D eigenvalue weighted by Crippen LogP contribution is 2.18. The molecule has 2 heterocycles. The van der Waals surface area contributed by atoms with Gasteiger partial charge in [0.2, 0.25) is 0 Å². The molecule has 0 aliphatic carbocycles. The maximum atomic E-state index is 9.54. The van der Waals surface area contributed by atoms with Crippen LogP contribution in [0, 0.1) is 5.92 Å². The number of aliphatic hydroxyl groups is 2.